The van der Waals surface area contributed by atoms with Gasteiger partial charge in [-0.05, 0) is 42.9 Å². The van der Waals surface area contributed by atoms with Crippen molar-refractivity contribution in [3.05, 3.63) is 23.8 Å². The van der Waals surface area contributed by atoms with Gasteiger partial charge in [-0.25, -0.2) is 0 Å². The molecule has 3 heteroatoms. The molecule has 84 valence electrons. The predicted molar refractivity (Wildman–Crippen MR) is 68.2 cm³/mol. The second kappa shape index (κ2) is 4.39. The average Bonchev–Trinajstić information content (AvgIpc) is 2.98. The van der Waals surface area contributed by atoms with E-state index in [-0.39, 0.29) is 5.41 Å². The third-order valence-corrected chi connectivity index (χ3v) is 4.55. The molecule has 1 fully saturated rings. The second-order valence-electron chi connectivity index (χ2n) is 4.66. The number of nitrogens with two attached hydrogens (primary N) is 1. The van der Waals surface area contributed by atoms with Crippen LogP contribution in [0.3, 0.4) is 0 Å². The quantitative estimate of drug-likeness (QED) is 0.639. The maximum atomic E-state index is 8.75. The predicted octanol–water partition coefficient (Wildman–Crippen LogP) is 3.36. The summed E-state index contributed by atoms with van der Waals surface area (Å²) in [6.45, 7) is 2.04. The van der Waals surface area contributed by atoms with Crippen molar-refractivity contribution in [2.45, 2.75) is 31.1 Å². The molecule has 0 spiro atoms. The Labute approximate surface area is 101 Å². The Morgan fingerprint density at radius 1 is 1.50 bits per heavy atom. The van der Waals surface area contributed by atoms with Crippen LogP contribution in [0.5, 0.6) is 0 Å². The molecule has 0 amide bonds. The molecule has 2 N–H and O–H groups in total. The van der Waals surface area contributed by atoms with Crippen molar-refractivity contribution in [1.82, 2.24) is 0 Å². The molecule has 1 aliphatic carbocycles. The Bertz CT molecular complexity index is 430. The molecular formula is C13H16N2S. The van der Waals surface area contributed by atoms with Crippen LogP contribution in [-0.4, -0.2) is 5.75 Å². The number of nitrogens with zero attached hydrogens (tertiary/aromatic N) is 1. The van der Waals surface area contributed by atoms with E-state index in [9.17, 15) is 0 Å². The standard InChI is InChI=1S/C13H16N2S/c1-10-2-3-12(11(15)8-10)16-9-13(4-5-13)6-7-14/h2-3,8H,4-6,9,15H2,1H3. The largest absolute Gasteiger partial charge is 0.398 e. The van der Waals surface area contributed by atoms with Crippen LogP contribution >= 0.6 is 11.8 Å². The number of hydrogen-bond acceptors (Lipinski definition) is 3. The van der Waals surface area contributed by atoms with E-state index in [0.29, 0.717) is 6.42 Å². The van der Waals surface area contributed by atoms with Crippen molar-refractivity contribution < 1.29 is 0 Å². The molecule has 1 aromatic carbocycles. The summed E-state index contributed by atoms with van der Waals surface area (Å²) in [4.78, 5) is 1.15. The lowest BCUT2D eigenvalue weighted by atomic mass is 10.1. The highest BCUT2D eigenvalue weighted by Crippen LogP contribution is 2.52. The molecule has 2 rings (SSSR count). The first kappa shape index (κ1) is 11.3. The lowest BCUT2D eigenvalue weighted by molar-refractivity contribution is 0.604. The molecule has 1 aromatic rings. The monoisotopic (exact) mass is 232 g/mol. The molecule has 1 aliphatic rings. The number of benzene rings is 1. The molecule has 1 saturated carbocycles. The Morgan fingerprint density at radius 2 is 2.25 bits per heavy atom. The van der Waals surface area contributed by atoms with Gasteiger partial charge in [-0.2, -0.15) is 5.26 Å². The van der Waals surface area contributed by atoms with Gasteiger partial charge < -0.3 is 5.73 Å². The van der Waals surface area contributed by atoms with Gasteiger partial charge in [-0.15, -0.1) is 11.8 Å². The topological polar surface area (TPSA) is 49.8 Å². The third-order valence-electron chi connectivity index (χ3n) is 3.11. The number of anilines is 1. The molecule has 0 bridgehead atoms. The van der Waals surface area contributed by atoms with E-state index in [4.69, 9.17) is 11.0 Å². The minimum Gasteiger partial charge on any atom is -0.398 e. The van der Waals surface area contributed by atoms with Crippen LogP contribution in [0.15, 0.2) is 23.1 Å². The van der Waals surface area contributed by atoms with Crippen LogP contribution < -0.4 is 5.73 Å². The number of hydrogen-bond donors (Lipinski definition) is 1. The summed E-state index contributed by atoms with van der Waals surface area (Å²) in [6.07, 6.45) is 3.07. The Morgan fingerprint density at radius 3 is 2.81 bits per heavy atom. The van der Waals surface area contributed by atoms with Crippen LogP contribution in [-0.2, 0) is 0 Å². The van der Waals surface area contributed by atoms with Gasteiger partial charge in [0.25, 0.3) is 0 Å². The Balaban J connectivity index is 1.98. The van der Waals surface area contributed by atoms with Gasteiger partial charge >= 0.3 is 0 Å². The van der Waals surface area contributed by atoms with E-state index in [2.05, 4.69) is 18.2 Å². The van der Waals surface area contributed by atoms with Crippen molar-refractivity contribution in [1.29, 1.82) is 5.26 Å². The maximum Gasteiger partial charge on any atom is 0.0627 e. The molecule has 0 unspecified atom stereocenters. The molecule has 0 aromatic heterocycles. The first-order chi connectivity index (χ1) is 7.65. The lowest BCUT2D eigenvalue weighted by Crippen LogP contribution is -2.03. The van der Waals surface area contributed by atoms with Gasteiger partial charge in [0.1, 0.15) is 0 Å². The summed E-state index contributed by atoms with van der Waals surface area (Å²) in [5, 5.41) is 8.75. The van der Waals surface area contributed by atoms with E-state index in [1.807, 2.05) is 13.0 Å². The molecule has 0 heterocycles. The van der Waals surface area contributed by atoms with Crippen LogP contribution in [0.1, 0.15) is 24.8 Å². The van der Waals surface area contributed by atoms with Crippen molar-refractivity contribution in [3.63, 3.8) is 0 Å². The van der Waals surface area contributed by atoms with Crippen LogP contribution in [0.2, 0.25) is 0 Å². The average molecular weight is 232 g/mol. The third kappa shape index (κ3) is 2.51. The highest BCUT2D eigenvalue weighted by Gasteiger charge is 2.42. The lowest BCUT2D eigenvalue weighted by Gasteiger charge is -2.11. The summed E-state index contributed by atoms with van der Waals surface area (Å²) < 4.78 is 0. The van der Waals surface area contributed by atoms with Crippen LogP contribution in [0, 0.1) is 23.7 Å². The number of thioether (sulfide) groups is 1. The zero-order chi connectivity index (χ0) is 11.6. The fraction of sp³-hybridized carbons (Fsp3) is 0.462. The van der Waals surface area contributed by atoms with E-state index < -0.39 is 0 Å². The van der Waals surface area contributed by atoms with Gasteiger partial charge in [0.05, 0.1) is 6.07 Å². The van der Waals surface area contributed by atoms with E-state index in [0.717, 1.165) is 16.3 Å². The van der Waals surface area contributed by atoms with Gasteiger partial charge in [-0.3, -0.25) is 0 Å². The van der Waals surface area contributed by atoms with E-state index in [1.54, 1.807) is 11.8 Å². The SMILES string of the molecule is Cc1ccc(SCC2(CC#N)CC2)c(N)c1. The molecule has 0 aliphatic heterocycles. The van der Waals surface area contributed by atoms with Gasteiger partial charge in [0.15, 0.2) is 0 Å². The van der Waals surface area contributed by atoms with E-state index >= 15 is 0 Å². The highest BCUT2D eigenvalue weighted by molar-refractivity contribution is 7.99. The van der Waals surface area contributed by atoms with Crippen molar-refractivity contribution in [3.8, 4) is 6.07 Å². The molecule has 16 heavy (non-hydrogen) atoms. The fourth-order valence-corrected chi connectivity index (χ4v) is 2.99. The maximum absolute atomic E-state index is 8.75. The fourth-order valence-electron chi connectivity index (χ4n) is 1.75. The Hall–Kier alpha value is -1.14. The van der Waals surface area contributed by atoms with Gasteiger partial charge in [0, 0.05) is 22.8 Å². The van der Waals surface area contributed by atoms with Gasteiger partial charge in [-0.1, -0.05) is 6.07 Å². The van der Waals surface area contributed by atoms with Crippen LogP contribution in [0.25, 0.3) is 0 Å². The van der Waals surface area contributed by atoms with Crippen molar-refractivity contribution >= 4 is 17.4 Å². The highest BCUT2D eigenvalue weighted by atomic mass is 32.2. The number of nitrogen functional groups attached to an aromatic ring is 1. The normalized spacial score (nSPS) is 16.8. The molecular weight excluding hydrogens is 216 g/mol. The number of aryl methyl sites for hydroxylation is 1. The minimum atomic E-state index is 0.288. The van der Waals surface area contributed by atoms with E-state index in [1.165, 1.54) is 18.4 Å². The molecule has 2 nitrogen and oxygen atoms in total. The van der Waals surface area contributed by atoms with Crippen molar-refractivity contribution in [2.75, 3.05) is 11.5 Å². The zero-order valence-corrected chi connectivity index (χ0v) is 10.3. The first-order valence-corrected chi connectivity index (χ1v) is 6.50. The summed E-state index contributed by atoms with van der Waals surface area (Å²) in [5.74, 6) is 1.02. The summed E-state index contributed by atoms with van der Waals surface area (Å²) in [7, 11) is 0. The first-order valence-electron chi connectivity index (χ1n) is 5.51. The number of rotatable bonds is 4. The molecule has 0 saturated heterocycles. The summed E-state index contributed by atoms with van der Waals surface area (Å²) in [5.41, 5.74) is 8.30. The second-order valence-corrected chi connectivity index (χ2v) is 5.68. The summed E-state index contributed by atoms with van der Waals surface area (Å²) in [6, 6.07) is 8.46. The summed E-state index contributed by atoms with van der Waals surface area (Å²) >= 11 is 1.79. The van der Waals surface area contributed by atoms with Gasteiger partial charge in [0.2, 0.25) is 0 Å². The van der Waals surface area contributed by atoms with Crippen molar-refractivity contribution in [2.24, 2.45) is 5.41 Å². The molecule has 0 atom stereocenters. The zero-order valence-electron chi connectivity index (χ0n) is 9.49. The number of nitriles is 1. The Kier molecular flexibility index (Phi) is 3.11. The van der Waals surface area contributed by atoms with Crippen LogP contribution in [0.4, 0.5) is 5.69 Å². The molecule has 0 radical (unpaired) electrons. The minimum absolute atomic E-state index is 0.288. The smallest absolute Gasteiger partial charge is 0.0627 e.